The Morgan fingerprint density at radius 2 is 1.68 bits per heavy atom. The Kier molecular flexibility index (Phi) is 11.5. The molecule has 0 saturated carbocycles. The number of carbonyl (C=O) groups is 1. The summed E-state index contributed by atoms with van der Waals surface area (Å²) < 4.78 is 0. The summed E-state index contributed by atoms with van der Waals surface area (Å²) in [5.74, 6) is 1.78. The predicted octanol–water partition coefficient (Wildman–Crippen LogP) is 7.15. The molecule has 0 aliphatic rings. The number of Topliss-reactive ketones (excluding diaryl/α,β-unsaturated/α-hetero) is 1. The fourth-order valence-corrected chi connectivity index (χ4v) is 5.14. The second kappa shape index (κ2) is 14.8. The van der Waals surface area contributed by atoms with Gasteiger partial charge in [0.15, 0.2) is 5.78 Å². The lowest BCUT2D eigenvalue weighted by Gasteiger charge is -2.23. The highest BCUT2D eigenvalue weighted by Crippen LogP contribution is 2.22. The number of anilines is 4. The minimum atomic E-state index is 0.122. The Labute approximate surface area is 240 Å². The van der Waals surface area contributed by atoms with Gasteiger partial charge in [-0.25, -0.2) is 9.97 Å². The van der Waals surface area contributed by atoms with Gasteiger partial charge in [-0.15, -0.1) is 0 Å². The molecule has 216 valence electrons. The number of carbonyl (C=O) groups excluding carboxylic acids is 1. The van der Waals surface area contributed by atoms with Crippen molar-refractivity contribution >= 4 is 28.8 Å². The van der Waals surface area contributed by atoms with Gasteiger partial charge in [0.25, 0.3) is 0 Å². The Bertz CT molecular complexity index is 1250. The Morgan fingerprint density at radius 3 is 2.33 bits per heavy atom. The molecule has 0 bridgehead atoms. The summed E-state index contributed by atoms with van der Waals surface area (Å²) in [6.07, 6.45) is 7.42. The van der Waals surface area contributed by atoms with Crippen LogP contribution >= 0.6 is 0 Å². The smallest absolute Gasteiger partial charge is 0.227 e. The number of nitrogens with zero attached hydrogens (tertiary/aromatic N) is 2. The van der Waals surface area contributed by atoms with E-state index < -0.39 is 0 Å². The second-order valence-electron chi connectivity index (χ2n) is 11.7. The van der Waals surface area contributed by atoms with Crippen molar-refractivity contribution < 1.29 is 4.79 Å². The predicted molar refractivity (Wildman–Crippen MR) is 168 cm³/mol. The van der Waals surface area contributed by atoms with Crippen LogP contribution in [-0.2, 0) is 13.0 Å². The van der Waals surface area contributed by atoms with E-state index in [4.69, 9.17) is 16.5 Å². The number of hydrogen-bond acceptors (Lipinski definition) is 7. The molecule has 2 aromatic carbocycles. The van der Waals surface area contributed by atoms with E-state index in [1.807, 2.05) is 6.20 Å². The van der Waals surface area contributed by atoms with Crippen LogP contribution in [-0.4, -0.2) is 21.8 Å². The highest BCUT2D eigenvalue weighted by atomic mass is 16.1. The van der Waals surface area contributed by atoms with Crippen molar-refractivity contribution in [2.24, 2.45) is 11.8 Å². The SMILES string of the molecule is CCc1cnc(Nc2cc(C)cc(C)c2)nc1CN[C@H](CCC(C)CCC(=O)c1ccc(N)c(N)c1)CC(C)C. The first-order chi connectivity index (χ1) is 19.0. The van der Waals surface area contributed by atoms with E-state index in [9.17, 15) is 4.79 Å². The third-order valence-electron chi connectivity index (χ3n) is 7.41. The molecular weight excluding hydrogens is 496 g/mol. The van der Waals surface area contributed by atoms with E-state index in [1.54, 1.807) is 18.2 Å². The Balaban J connectivity index is 1.57. The van der Waals surface area contributed by atoms with Crippen molar-refractivity contribution in [3.63, 3.8) is 0 Å². The first-order valence-corrected chi connectivity index (χ1v) is 14.7. The summed E-state index contributed by atoms with van der Waals surface area (Å²) in [4.78, 5) is 22.1. The summed E-state index contributed by atoms with van der Waals surface area (Å²) in [6.45, 7) is 13.8. The Hall–Kier alpha value is -3.45. The van der Waals surface area contributed by atoms with Crippen LogP contribution in [0.1, 0.15) is 92.5 Å². The molecule has 6 N–H and O–H groups in total. The van der Waals surface area contributed by atoms with Crippen LogP contribution in [0, 0.1) is 25.7 Å². The molecule has 2 atom stereocenters. The molecule has 0 saturated heterocycles. The molecule has 0 radical (unpaired) electrons. The summed E-state index contributed by atoms with van der Waals surface area (Å²) in [6, 6.07) is 11.9. The number of nitrogen functional groups attached to an aromatic ring is 2. The average molecular weight is 545 g/mol. The van der Waals surface area contributed by atoms with E-state index in [1.165, 1.54) is 11.1 Å². The molecule has 7 heteroatoms. The quantitative estimate of drug-likeness (QED) is 0.118. The molecule has 1 aromatic heterocycles. The fourth-order valence-electron chi connectivity index (χ4n) is 5.14. The maximum absolute atomic E-state index is 12.7. The minimum absolute atomic E-state index is 0.122. The number of benzene rings is 2. The molecule has 40 heavy (non-hydrogen) atoms. The Morgan fingerprint density at radius 1 is 0.950 bits per heavy atom. The monoisotopic (exact) mass is 544 g/mol. The zero-order chi connectivity index (χ0) is 29.2. The molecule has 3 aromatic rings. The van der Waals surface area contributed by atoms with Gasteiger partial charge < -0.3 is 22.1 Å². The minimum Gasteiger partial charge on any atom is -0.397 e. The van der Waals surface area contributed by atoms with Gasteiger partial charge in [-0.3, -0.25) is 4.79 Å². The van der Waals surface area contributed by atoms with Gasteiger partial charge in [0.1, 0.15) is 0 Å². The average Bonchev–Trinajstić information content (AvgIpc) is 2.89. The first-order valence-electron chi connectivity index (χ1n) is 14.7. The van der Waals surface area contributed by atoms with Gasteiger partial charge in [-0.1, -0.05) is 33.8 Å². The fraction of sp³-hybridized carbons (Fsp3) is 0.485. The van der Waals surface area contributed by atoms with Gasteiger partial charge in [-0.2, -0.15) is 0 Å². The van der Waals surface area contributed by atoms with Crippen molar-refractivity contribution in [2.45, 2.75) is 92.7 Å². The molecule has 0 aliphatic heterocycles. The van der Waals surface area contributed by atoms with Crippen LogP contribution in [0.4, 0.5) is 23.0 Å². The highest BCUT2D eigenvalue weighted by molar-refractivity contribution is 5.97. The third kappa shape index (κ3) is 9.63. The van der Waals surface area contributed by atoms with Gasteiger partial charge >= 0.3 is 0 Å². The summed E-state index contributed by atoms with van der Waals surface area (Å²) in [5, 5.41) is 7.19. The van der Waals surface area contributed by atoms with Crippen molar-refractivity contribution in [2.75, 3.05) is 16.8 Å². The number of nitrogens with two attached hydrogens (primary N) is 2. The lowest BCUT2D eigenvalue weighted by atomic mass is 9.92. The lowest BCUT2D eigenvalue weighted by molar-refractivity contribution is 0.0973. The maximum atomic E-state index is 12.7. The number of nitrogens with one attached hydrogen (secondary N) is 2. The van der Waals surface area contributed by atoms with E-state index in [0.29, 0.717) is 53.7 Å². The molecule has 0 amide bonds. The zero-order valence-corrected chi connectivity index (χ0v) is 25.2. The van der Waals surface area contributed by atoms with Crippen molar-refractivity contribution in [3.05, 3.63) is 70.5 Å². The van der Waals surface area contributed by atoms with Gasteiger partial charge in [0, 0.05) is 36.5 Å². The molecular formula is C33H48N6O. The van der Waals surface area contributed by atoms with E-state index in [0.717, 1.165) is 49.0 Å². The number of hydrogen-bond donors (Lipinski definition) is 4. The summed E-state index contributed by atoms with van der Waals surface area (Å²) >= 11 is 0. The molecule has 0 spiro atoms. The number of aromatic nitrogens is 2. The normalized spacial score (nSPS) is 12.9. The molecule has 0 fully saturated rings. The van der Waals surface area contributed by atoms with Crippen LogP contribution in [0.15, 0.2) is 42.6 Å². The largest absolute Gasteiger partial charge is 0.397 e. The van der Waals surface area contributed by atoms with Gasteiger partial charge in [0.05, 0.1) is 17.1 Å². The van der Waals surface area contributed by atoms with E-state index in [2.05, 4.69) is 75.4 Å². The second-order valence-corrected chi connectivity index (χ2v) is 11.7. The first kappa shape index (κ1) is 31.1. The summed E-state index contributed by atoms with van der Waals surface area (Å²) in [5.41, 5.74) is 18.9. The third-order valence-corrected chi connectivity index (χ3v) is 7.41. The number of ketones is 1. The maximum Gasteiger partial charge on any atom is 0.227 e. The van der Waals surface area contributed by atoms with Crippen molar-refractivity contribution in [3.8, 4) is 0 Å². The van der Waals surface area contributed by atoms with Crippen LogP contribution in [0.25, 0.3) is 0 Å². The van der Waals surface area contributed by atoms with Gasteiger partial charge in [0.2, 0.25) is 5.95 Å². The number of aryl methyl sites for hydroxylation is 3. The van der Waals surface area contributed by atoms with Gasteiger partial charge in [-0.05, 0) is 105 Å². The highest BCUT2D eigenvalue weighted by Gasteiger charge is 2.16. The topological polar surface area (TPSA) is 119 Å². The zero-order valence-electron chi connectivity index (χ0n) is 25.2. The van der Waals surface area contributed by atoms with E-state index >= 15 is 0 Å². The molecule has 3 rings (SSSR count). The van der Waals surface area contributed by atoms with Crippen molar-refractivity contribution in [1.82, 2.24) is 15.3 Å². The standard InChI is InChI=1S/C33H48N6O/c1-7-25-19-37-33(38-28-16-23(5)15-24(6)17-28)39-31(25)20-36-27(14-21(2)3)11-8-22(4)9-13-32(40)26-10-12-29(34)30(35)18-26/h10,12,15-19,21-22,27,36H,7-9,11,13-14,20,34-35H2,1-6H3,(H,37,38,39)/t22?,27-/m1/s1. The van der Waals surface area contributed by atoms with Crippen LogP contribution in [0.3, 0.4) is 0 Å². The molecule has 1 heterocycles. The van der Waals surface area contributed by atoms with Crippen LogP contribution in [0.5, 0.6) is 0 Å². The molecule has 0 aliphatic carbocycles. The van der Waals surface area contributed by atoms with Crippen LogP contribution < -0.4 is 22.1 Å². The number of rotatable bonds is 15. The summed E-state index contributed by atoms with van der Waals surface area (Å²) in [7, 11) is 0. The van der Waals surface area contributed by atoms with E-state index in [-0.39, 0.29) is 5.78 Å². The molecule has 1 unspecified atom stereocenters. The lowest BCUT2D eigenvalue weighted by Crippen LogP contribution is -2.31. The van der Waals surface area contributed by atoms with Crippen molar-refractivity contribution in [1.29, 1.82) is 0 Å². The molecule has 7 nitrogen and oxygen atoms in total. The van der Waals surface area contributed by atoms with Crippen LogP contribution in [0.2, 0.25) is 0 Å².